The zero-order valence-electron chi connectivity index (χ0n) is 5.71. The summed E-state index contributed by atoms with van der Waals surface area (Å²) in [7, 11) is 0. The van der Waals surface area contributed by atoms with Crippen molar-refractivity contribution in [2.45, 2.75) is 32.3 Å². The second-order valence-electron chi connectivity index (χ2n) is 2.00. The van der Waals surface area contributed by atoms with Crippen molar-refractivity contribution in [3.63, 3.8) is 0 Å². The van der Waals surface area contributed by atoms with Gasteiger partial charge in [0.2, 0.25) is 0 Å². The molecule has 3 nitrogen and oxygen atoms in total. The Morgan fingerprint density at radius 1 is 1.56 bits per heavy atom. The molecule has 0 aliphatic carbocycles. The predicted octanol–water partition coefficient (Wildman–Crippen LogP) is 1.03. The average molecular weight is 134 g/mol. The van der Waals surface area contributed by atoms with E-state index in [0.717, 1.165) is 12.8 Å². The van der Waals surface area contributed by atoms with E-state index in [4.69, 9.17) is 10.4 Å². The Morgan fingerprint density at radius 3 is 2.56 bits per heavy atom. The lowest BCUT2D eigenvalue weighted by Crippen LogP contribution is -2.09. The van der Waals surface area contributed by atoms with Crippen LogP contribution in [0.4, 0.5) is 0 Å². The molecule has 0 amide bonds. The van der Waals surface area contributed by atoms with Gasteiger partial charge in [0.25, 0.3) is 0 Å². The van der Waals surface area contributed by atoms with Crippen molar-refractivity contribution >= 4 is 0 Å². The first kappa shape index (κ1) is 8.88. The highest BCUT2D eigenvalue weighted by atomic mass is 17.1. The van der Waals surface area contributed by atoms with E-state index in [1.807, 2.05) is 6.92 Å². The summed E-state index contributed by atoms with van der Waals surface area (Å²) in [5.41, 5.74) is 0. The lowest BCUT2D eigenvalue weighted by atomic mass is 10.2. The second kappa shape index (κ2) is 6.01. The first-order chi connectivity index (χ1) is 4.35. The van der Waals surface area contributed by atoms with Gasteiger partial charge in [0.05, 0.1) is 6.10 Å². The van der Waals surface area contributed by atoms with Crippen molar-refractivity contribution < 1.29 is 15.3 Å². The van der Waals surface area contributed by atoms with E-state index in [9.17, 15) is 0 Å². The summed E-state index contributed by atoms with van der Waals surface area (Å²) in [6.45, 7) is 2.10. The first-order valence-corrected chi connectivity index (χ1v) is 3.26. The molecular weight excluding hydrogens is 120 g/mol. The van der Waals surface area contributed by atoms with Crippen LogP contribution in [-0.2, 0) is 4.89 Å². The van der Waals surface area contributed by atoms with E-state index in [1.54, 1.807) is 0 Å². The third-order valence-electron chi connectivity index (χ3n) is 1.29. The standard InChI is InChI=1S/C6H14O3/c1-2-6(9-8)4-3-5-7/h6-8H,2-5H2,1H3. The molecule has 56 valence electrons. The molecule has 0 aliphatic rings. The molecule has 0 saturated carbocycles. The van der Waals surface area contributed by atoms with Crippen molar-refractivity contribution in [1.82, 2.24) is 0 Å². The fourth-order valence-corrected chi connectivity index (χ4v) is 0.650. The van der Waals surface area contributed by atoms with Gasteiger partial charge in [-0.15, -0.1) is 0 Å². The van der Waals surface area contributed by atoms with E-state index in [1.165, 1.54) is 0 Å². The minimum absolute atomic E-state index is 0.0999. The molecule has 0 aromatic rings. The molecule has 3 heteroatoms. The summed E-state index contributed by atoms with van der Waals surface area (Å²) in [6.07, 6.45) is 2.11. The predicted molar refractivity (Wildman–Crippen MR) is 34.1 cm³/mol. The second-order valence-corrected chi connectivity index (χ2v) is 2.00. The van der Waals surface area contributed by atoms with E-state index < -0.39 is 0 Å². The fraction of sp³-hybridized carbons (Fsp3) is 1.00. The van der Waals surface area contributed by atoms with Gasteiger partial charge in [-0.2, -0.15) is 0 Å². The summed E-state index contributed by atoms with van der Waals surface area (Å²) in [5, 5.41) is 16.5. The highest BCUT2D eigenvalue weighted by Gasteiger charge is 2.03. The third-order valence-corrected chi connectivity index (χ3v) is 1.29. The molecule has 1 atom stereocenters. The maximum atomic E-state index is 8.37. The van der Waals surface area contributed by atoms with Crippen molar-refractivity contribution in [3.8, 4) is 0 Å². The van der Waals surface area contributed by atoms with E-state index in [-0.39, 0.29) is 12.7 Å². The fourth-order valence-electron chi connectivity index (χ4n) is 0.650. The van der Waals surface area contributed by atoms with Crippen molar-refractivity contribution in [3.05, 3.63) is 0 Å². The van der Waals surface area contributed by atoms with Crippen LogP contribution >= 0.6 is 0 Å². The molecule has 0 heterocycles. The number of rotatable bonds is 5. The molecule has 2 N–H and O–H groups in total. The number of hydrogen-bond acceptors (Lipinski definition) is 3. The van der Waals surface area contributed by atoms with Crippen molar-refractivity contribution in [2.24, 2.45) is 0 Å². The van der Waals surface area contributed by atoms with Gasteiger partial charge in [-0.3, -0.25) is 5.26 Å². The van der Waals surface area contributed by atoms with Gasteiger partial charge in [-0.1, -0.05) is 6.92 Å². The van der Waals surface area contributed by atoms with Crippen LogP contribution in [0.25, 0.3) is 0 Å². The van der Waals surface area contributed by atoms with Gasteiger partial charge in [-0.25, -0.2) is 4.89 Å². The number of aliphatic hydroxyl groups is 1. The van der Waals surface area contributed by atoms with Gasteiger partial charge in [0.15, 0.2) is 0 Å². The van der Waals surface area contributed by atoms with Crippen LogP contribution < -0.4 is 0 Å². The molecular formula is C6H14O3. The van der Waals surface area contributed by atoms with Gasteiger partial charge >= 0.3 is 0 Å². The Kier molecular flexibility index (Phi) is 5.93. The van der Waals surface area contributed by atoms with Crippen LogP contribution in [0.2, 0.25) is 0 Å². The zero-order chi connectivity index (χ0) is 7.11. The van der Waals surface area contributed by atoms with Crippen molar-refractivity contribution in [2.75, 3.05) is 6.61 Å². The summed E-state index contributed by atoms with van der Waals surface area (Å²) >= 11 is 0. The zero-order valence-corrected chi connectivity index (χ0v) is 5.71. The Morgan fingerprint density at radius 2 is 2.22 bits per heavy atom. The molecule has 0 aliphatic heterocycles. The van der Waals surface area contributed by atoms with Crippen LogP contribution in [0.15, 0.2) is 0 Å². The van der Waals surface area contributed by atoms with E-state index in [0.29, 0.717) is 6.42 Å². The van der Waals surface area contributed by atoms with Crippen LogP contribution in [0.3, 0.4) is 0 Å². The number of aliphatic hydroxyl groups excluding tert-OH is 1. The quantitative estimate of drug-likeness (QED) is 0.436. The van der Waals surface area contributed by atoms with Crippen LogP contribution in [-0.4, -0.2) is 23.1 Å². The topological polar surface area (TPSA) is 49.7 Å². The molecule has 0 rings (SSSR count). The largest absolute Gasteiger partial charge is 0.396 e. The van der Waals surface area contributed by atoms with E-state index in [2.05, 4.69) is 4.89 Å². The first-order valence-electron chi connectivity index (χ1n) is 3.26. The number of hydrogen-bond donors (Lipinski definition) is 2. The lowest BCUT2D eigenvalue weighted by molar-refractivity contribution is -0.280. The average Bonchev–Trinajstić information content (AvgIpc) is 1.91. The van der Waals surface area contributed by atoms with Gasteiger partial charge in [0, 0.05) is 6.61 Å². The Bertz CT molecular complexity index is 52.3. The van der Waals surface area contributed by atoms with E-state index >= 15 is 0 Å². The van der Waals surface area contributed by atoms with Crippen LogP contribution in [0.5, 0.6) is 0 Å². The Labute approximate surface area is 55.2 Å². The summed E-state index contributed by atoms with van der Waals surface area (Å²) in [6, 6.07) is 0. The normalized spacial score (nSPS) is 13.7. The minimum Gasteiger partial charge on any atom is -0.396 e. The lowest BCUT2D eigenvalue weighted by Gasteiger charge is -2.07. The van der Waals surface area contributed by atoms with Crippen LogP contribution in [0, 0.1) is 0 Å². The maximum absolute atomic E-state index is 8.37. The van der Waals surface area contributed by atoms with Gasteiger partial charge < -0.3 is 5.11 Å². The smallest absolute Gasteiger partial charge is 0.0925 e. The van der Waals surface area contributed by atoms with Gasteiger partial charge in [-0.05, 0) is 19.3 Å². The summed E-state index contributed by atoms with van der Waals surface area (Å²) < 4.78 is 0. The molecule has 0 saturated heterocycles. The maximum Gasteiger partial charge on any atom is 0.0925 e. The monoisotopic (exact) mass is 134 g/mol. The molecule has 0 fully saturated rings. The highest BCUT2D eigenvalue weighted by Crippen LogP contribution is 2.03. The molecule has 0 aromatic heterocycles. The summed E-state index contributed by atoms with van der Waals surface area (Å²) in [5.74, 6) is 0. The molecule has 0 spiro atoms. The Hall–Kier alpha value is -0.120. The molecule has 1 unspecified atom stereocenters. The molecule has 0 radical (unpaired) electrons. The summed E-state index contributed by atoms with van der Waals surface area (Å²) in [4.78, 5) is 4.09. The molecule has 0 bridgehead atoms. The molecule has 0 aromatic carbocycles. The van der Waals surface area contributed by atoms with Crippen molar-refractivity contribution in [1.29, 1.82) is 0 Å². The SMILES string of the molecule is CCC(CCCO)OO. The third kappa shape index (κ3) is 4.39. The minimum atomic E-state index is -0.0999. The highest BCUT2D eigenvalue weighted by molar-refractivity contribution is 4.51. The van der Waals surface area contributed by atoms with Gasteiger partial charge in [0.1, 0.15) is 0 Å². The Balaban J connectivity index is 3.09. The molecule has 9 heavy (non-hydrogen) atoms. The van der Waals surface area contributed by atoms with Crippen LogP contribution in [0.1, 0.15) is 26.2 Å².